The number of aryl methyl sites for hydroxylation is 1. The Morgan fingerprint density at radius 2 is 2.35 bits per heavy atom. The fourth-order valence-electron chi connectivity index (χ4n) is 1.65. The van der Waals surface area contributed by atoms with Crippen molar-refractivity contribution in [3.63, 3.8) is 0 Å². The molecule has 1 atom stereocenters. The summed E-state index contributed by atoms with van der Waals surface area (Å²) in [6.07, 6.45) is 0. The van der Waals surface area contributed by atoms with Crippen LogP contribution in [0.25, 0.3) is 0 Å². The summed E-state index contributed by atoms with van der Waals surface area (Å²) < 4.78 is 0. The summed E-state index contributed by atoms with van der Waals surface area (Å²) in [5.74, 6) is 0.658. The number of aromatic nitrogens is 2. The Morgan fingerprint density at radius 1 is 1.55 bits per heavy atom. The number of carbonyl (C=O) groups excluding carboxylic acids is 1. The molecule has 0 saturated carbocycles. The maximum absolute atomic E-state index is 11.9. The molecule has 0 aromatic carbocycles. The third kappa shape index (κ3) is 4.21. The van der Waals surface area contributed by atoms with Crippen LogP contribution in [0.2, 0.25) is 0 Å². The number of hydrogen-bond donors (Lipinski definition) is 2. The number of thioether (sulfide) groups is 1. The van der Waals surface area contributed by atoms with E-state index in [0.29, 0.717) is 11.0 Å². The van der Waals surface area contributed by atoms with Crippen LogP contribution in [0.4, 0.5) is 5.82 Å². The first-order valence-electron chi connectivity index (χ1n) is 6.11. The number of anilines is 1. The number of amides is 1. The van der Waals surface area contributed by atoms with Crippen LogP contribution in [0.15, 0.2) is 28.7 Å². The molecular formula is C13H16N4OS2. The quantitative estimate of drug-likeness (QED) is 0.655. The molecule has 0 bridgehead atoms. The fraction of sp³-hybridized carbons (Fsp3) is 0.308. The van der Waals surface area contributed by atoms with Gasteiger partial charge in [0.25, 0.3) is 0 Å². The zero-order valence-electron chi connectivity index (χ0n) is 11.3. The molecule has 2 aromatic rings. The highest BCUT2D eigenvalue weighted by Crippen LogP contribution is 2.19. The Balaban J connectivity index is 1.86. The molecule has 2 aromatic heterocycles. The number of carbonyl (C=O) groups is 1. The summed E-state index contributed by atoms with van der Waals surface area (Å²) in [6, 6.07) is 5.70. The number of rotatable bonds is 5. The van der Waals surface area contributed by atoms with E-state index < -0.39 is 0 Å². The van der Waals surface area contributed by atoms with Gasteiger partial charge in [-0.25, -0.2) is 9.97 Å². The molecule has 0 aliphatic rings. The Bertz CT molecular complexity index is 566. The number of nitrogen functional groups attached to an aromatic ring is 1. The van der Waals surface area contributed by atoms with E-state index in [4.69, 9.17) is 5.73 Å². The van der Waals surface area contributed by atoms with E-state index in [9.17, 15) is 4.79 Å². The van der Waals surface area contributed by atoms with Gasteiger partial charge < -0.3 is 11.1 Å². The van der Waals surface area contributed by atoms with Gasteiger partial charge in [0.15, 0.2) is 5.16 Å². The van der Waals surface area contributed by atoms with Gasteiger partial charge >= 0.3 is 0 Å². The van der Waals surface area contributed by atoms with Gasteiger partial charge in [0, 0.05) is 16.6 Å². The highest BCUT2D eigenvalue weighted by Gasteiger charge is 2.11. The van der Waals surface area contributed by atoms with Gasteiger partial charge in [-0.05, 0) is 25.3 Å². The molecule has 7 heteroatoms. The first-order chi connectivity index (χ1) is 9.54. The third-order valence-corrected chi connectivity index (χ3v) is 4.44. The van der Waals surface area contributed by atoms with Crippen LogP contribution in [-0.4, -0.2) is 21.6 Å². The van der Waals surface area contributed by atoms with E-state index in [1.165, 1.54) is 11.8 Å². The first kappa shape index (κ1) is 14.8. The second-order valence-electron chi connectivity index (χ2n) is 4.31. The fourth-order valence-corrected chi connectivity index (χ4v) is 3.11. The Labute approximate surface area is 126 Å². The average Bonchev–Trinajstić information content (AvgIpc) is 2.89. The standard InChI is InChI=1S/C13H16N4OS2/c1-8-6-11(14)17-13(15-8)20-7-12(18)16-9(2)10-4-3-5-19-10/h3-6,9H,7H2,1-2H3,(H,16,18)(H2,14,15,17)/t9-/m1/s1. The van der Waals surface area contributed by atoms with Gasteiger partial charge in [-0.2, -0.15) is 0 Å². The van der Waals surface area contributed by atoms with Gasteiger partial charge in [-0.15, -0.1) is 11.3 Å². The van der Waals surface area contributed by atoms with Gasteiger partial charge in [-0.1, -0.05) is 17.8 Å². The lowest BCUT2D eigenvalue weighted by Crippen LogP contribution is -2.27. The van der Waals surface area contributed by atoms with Crippen molar-refractivity contribution in [2.75, 3.05) is 11.5 Å². The number of thiophene rings is 1. The molecule has 2 heterocycles. The Hall–Kier alpha value is -1.60. The third-order valence-electron chi connectivity index (χ3n) is 2.53. The first-order valence-corrected chi connectivity index (χ1v) is 7.98. The summed E-state index contributed by atoms with van der Waals surface area (Å²) in [5, 5.41) is 5.47. The lowest BCUT2D eigenvalue weighted by Gasteiger charge is -2.11. The van der Waals surface area contributed by atoms with Crippen molar-refractivity contribution in [1.82, 2.24) is 15.3 Å². The van der Waals surface area contributed by atoms with Gasteiger partial charge in [0.2, 0.25) is 5.91 Å². The normalized spacial score (nSPS) is 12.1. The van der Waals surface area contributed by atoms with Crippen molar-refractivity contribution in [2.45, 2.75) is 25.0 Å². The number of nitrogens with zero attached hydrogens (tertiary/aromatic N) is 2. The minimum atomic E-state index is -0.0421. The van der Waals surface area contributed by atoms with Crippen molar-refractivity contribution in [3.8, 4) is 0 Å². The molecule has 20 heavy (non-hydrogen) atoms. The molecule has 2 rings (SSSR count). The lowest BCUT2D eigenvalue weighted by molar-refractivity contribution is -0.119. The minimum absolute atomic E-state index is 0.0200. The molecular weight excluding hydrogens is 292 g/mol. The van der Waals surface area contributed by atoms with Crippen molar-refractivity contribution in [3.05, 3.63) is 34.2 Å². The van der Waals surface area contributed by atoms with Crippen molar-refractivity contribution in [1.29, 1.82) is 0 Å². The zero-order chi connectivity index (χ0) is 14.5. The topological polar surface area (TPSA) is 80.9 Å². The summed E-state index contributed by atoms with van der Waals surface area (Å²) in [6.45, 7) is 3.82. The number of nitrogens with one attached hydrogen (secondary N) is 1. The Morgan fingerprint density at radius 3 is 3.00 bits per heavy atom. The van der Waals surface area contributed by atoms with Crippen molar-refractivity contribution in [2.24, 2.45) is 0 Å². The highest BCUT2D eigenvalue weighted by molar-refractivity contribution is 7.99. The van der Waals surface area contributed by atoms with E-state index >= 15 is 0 Å². The molecule has 0 aliphatic heterocycles. The molecule has 0 fully saturated rings. The summed E-state index contributed by atoms with van der Waals surface area (Å²) in [5.41, 5.74) is 6.45. The minimum Gasteiger partial charge on any atom is -0.384 e. The summed E-state index contributed by atoms with van der Waals surface area (Å²) >= 11 is 2.91. The van der Waals surface area contributed by atoms with Gasteiger partial charge in [-0.3, -0.25) is 4.79 Å². The maximum Gasteiger partial charge on any atom is 0.230 e. The van der Waals surface area contributed by atoms with Crippen LogP contribution in [0.1, 0.15) is 23.5 Å². The highest BCUT2D eigenvalue weighted by atomic mass is 32.2. The molecule has 106 valence electrons. The van der Waals surface area contributed by atoms with Crippen molar-refractivity contribution < 1.29 is 4.79 Å². The Kier molecular flexibility index (Phi) is 4.97. The predicted octanol–water partition coefficient (Wildman–Crippen LogP) is 2.40. The summed E-state index contributed by atoms with van der Waals surface area (Å²) in [7, 11) is 0. The van der Waals surface area contributed by atoms with Crippen LogP contribution in [0.3, 0.4) is 0 Å². The van der Waals surface area contributed by atoms with E-state index in [2.05, 4.69) is 15.3 Å². The summed E-state index contributed by atoms with van der Waals surface area (Å²) in [4.78, 5) is 21.3. The van der Waals surface area contributed by atoms with Gasteiger partial charge in [0.1, 0.15) is 5.82 Å². The van der Waals surface area contributed by atoms with Crippen LogP contribution in [0, 0.1) is 6.92 Å². The average molecular weight is 308 g/mol. The largest absolute Gasteiger partial charge is 0.384 e. The van der Waals surface area contributed by atoms with Crippen LogP contribution >= 0.6 is 23.1 Å². The SMILES string of the molecule is Cc1cc(N)nc(SCC(=O)N[C@H](C)c2cccs2)n1. The molecule has 3 N–H and O–H groups in total. The molecule has 0 aliphatic carbocycles. The lowest BCUT2D eigenvalue weighted by atomic mass is 10.3. The number of hydrogen-bond acceptors (Lipinski definition) is 6. The molecule has 0 unspecified atom stereocenters. The van der Waals surface area contributed by atoms with E-state index in [1.54, 1.807) is 17.4 Å². The van der Waals surface area contributed by atoms with E-state index in [0.717, 1.165) is 10.6 Å². The molecule has 5 nitrogen and oxygen atoms in total. The molecule has 1 amide bonds. The molecule has 0 radical (unpaired) electrons. The van der Waals surface area contributed by atoms with E-state index in [-0.39, 0.29) is 17.7 Å². The monoisotopic (exact) mass is 308 g/mol. The van der Waals surface area contributed by atoms with Crippen molar-refractivity contribution >= 4 is 34.8 Å². The van der Waals surface area contributed by atoms with Crippen LogP contribution < -0.4 is 11.1 Å². The van der Waals surface area contributed by atoms with Crippen LogP contribution in [0.5, 0.6) is 0 Å². The maximum atomic E-state index is 11.9. The van der Waals surface area contributed by atoms with Crippen LogP contribution in [-0.2, 0) is 4.79 Å². The smallest absolute Gasteiger partial charge is 0.230 e. The second-order valence-corrected chi connectivity index (χ2v) is 6.23. The number of nitrogens with two attached hydrogens (primary N) is 1. The molecule has 0 spiro atoms. The van der Waals surface area contributed by atoms with E-state index in [1.807, 2.05) is 31.4 Å². The van der Waals surface area contributed by atoms with Gasteiger partial charge in [0.05, 0.1) is 11.8 Å². The zero-order valence-corrected chi connectivity index (χ0v) is 12.9. The second kappa shape index (κ2) is 6.71. The molecule has 0 saturated heterocycles. The predicted molar refractivity (Wildman–Crippen MR) is 82.8 cm³/mol.